The molecule has 3 rings (SSSR count). The summed E-state index contributed by atoms with van der Waals surface area (Å²) in [5.41, 5.74) is 2.09. The summed E-state index contributed by atoms with van der Waals surface area (Å²) in [7, 11) is -3.63. The highest BCUT2D eigenvalue weighted by Gasteiger charge is 2.07. The van der Waals surface area contributed by atoms with E-state index in [1.807, 2.05) is 12.1 Å². The molecule has 0 atom stereocenters. The number of nitrogens with one attached hydrogen (secondary N) is 1. The molecule has 0 spiro atoms. The van der Waals surface area contributed by atoms with Crippen molar-refractivity contribution in [3.63, 3.8) is 0 Å². The van der Waals surface area contributed by atoms with Crippen molar-refractivity contribution in [3.05, 3.63) is 59.5 Å². The van der Waals surface area contributed by atoms with Gasteiger partial charge in [-0.25, -0.2) is 13.6 Å². The maximum absolute atomic E-state index is 11.2. The highest BCUT2D eigenvalue weighted by atomic mass is 32.2. The van der Waals surface area contributed by atoms with Crippen LogP contribution in [0.3, 0.4) is 0 Å². The summed E-state index contributed by atoms with van der Waals surface area (Å²) in [4.78, 5) is 0.119. The highest BCUT2D eigenvalue weighted by molar-refractivity contribution is 7.89. The summed E-state index contributed by atoms with van der Waals surface area (Å²) in [5.74, 6) is 0. The molecule has 0 aliphatic rings. The van der Waals surface area contributed by atoms with Gasteiger partial charge in [-0.15, -0.1) is 11.3 Å². The van der Waals surface area contributed by atoms with Crippen LogP contribution in [-0.4, -0.2) is 8.42 Å². The van der Waals surface area contributed by atoms with Crippen molar-refractivity contribution in [3.8, 4) is 0 Å². The van der Waals surface area contributed by atoms with Crippen LogP contribution in [-0.2, 0) is 16.6 Å². The molecule has 0 amide bonds. The molecular weight excluding hydrogens is 304 g/mol. The molecule has 0 saturated heterocycles. The van der Waals surface area contributed by atoms with Crippen LogP contribution in [0, 0.1) is 0 Å². The highest BCUT2D eigenvalue weighted by Crippen LogP contribution is 2.26. The molecule has 1 heterocycles. The minimum absolute atomic E-state index is 0.119. The normalized spacial score (nSPS) is 11.7. The fourth-order valence-corrected chi connectivity index (χ4v) is 3.61. The van der Waals surface area contributed by atoms with Crippen LogP contribution in [0.2, 0.25) is 0 Å². The third-order valence-corrected chi connectivity index (χ3v) is 5.17. The van der Waals surface area contributed by atoms with Gasteiger partial charge in [-0.2, -0.15) is 0 Å². The van der Waals surface area contributed by atoms with E-state index in [0.29, 0.717) is 6.54 Å². The van der Waals surface area contributed by atoms with Gasteiger partial charge in [-0.05, 0) is 46.7 Å². The number of primary sulfonamides is 1. The first-order chi connectivity index (χ1) is 10.0. The Bertz CT molecular complexity index is 868. The van der Waals surface area contributed by atoms with Crippen LogP contribution < -0.4 is 10.5 Å². The summed E-state index contributed by atoms with van der Waals surface area (Å²) in [6, 6.07) is 14.7. The standard InChI is InChI=1S/C15H14N2O2S2/c16-21(18,19)13-7-5-12(6-8-13)17-9-11-10-20-15-4-2-1-3-14(11)15/h1-8,10,17H,9H2,(H2,16,18,19). The summed E-state index contributed by atoms with van der Waals surface area (Å²) in [6.07, 6.45) is 0. The minimum atomic E-state index is -3.63. The zero-order chi connectivity index (χ0) is 14.9. The van der Waals surface area contributed by atoms with Crippen molar-refractivity contribution in [1.82, 2.24) is 0 Å². The summed E-state index contributed by atoms with van der Waals surface area (Å²) in [6.45, 7) is 0.693. The largest absolute Gasteiger partial charge is 0.381 e. The molecule has 2 aromatic carbocycles. The Morgan fingerprint density at radius 3 is 2.48 bits per heavy atom. The van der Waals surface area contributed by atoms with E-state index in [1.54, 1.807) is 23.5 Å². The molecule has 4 nitrogen and oxygen atoms in total. The van der Waals surface area contributed by atoms with E-state index in [4.69, 9.17) is 5.14 Å². The molecule has 0 fully saturated rings. The van der Waals surface area contributed by atoms with E-state index >= 15 is 0 Å². The van der Waals surface area contributed by atoms with Crippen LogP contribution in [0.5, 0.6) is 0 Å². The molecule has 0 radical (unpaired) electrons. The Kier molecular flexibility index (Phi) is 3.67. The number of hydrogen-bond acceptors (Lipinski definition) is 4. The Morgan fingerprint density at radius 2 is 1.76 bits per heavy atom. The van der Waals surface area contributed by atoms with E-state index < -0.39 is 10.0 Å². The zero-order valence-electron chi connectivity index (χ0n) is 11.1. The van der Waals surface area contributed by atoms with Gasteiger partial charge in [0.1, 0.15) is 0 Å². The van der Waals surface area contributed by atoms with Gasteiger partial charge in [0, 0.05) is 16.9 Å². The first-order valence-corrected chi connectivity index (χ1v) is 8.78. The second kappa shape index (κ2) is 5.48. The number of hydrogen-bond donors (Lipinski definition) is 2. The van der Waals surface area contributed by atoms with E-state index in [1.165, 1.54) is 27.8 Å². The lowest BCUT2D eigenvalue weighted by molar-refractivity contribution is 0.598. The second-order valence-electron chi connectivity index (χ2n) is 4.68. The van der Waals surface area contributed by atoms with Gasteiger partial charge in [-0.1, -0.05) is 18.2 Å². The van der Waals surface area contributed by atoms with E-state index in [9.17, 15) is 8.42 Å². The van der Waals surface area contributed by atoms with Gasteiger partial charge in [0.15, 0.2) is 0 Å². The number of fused-ring (bicyclic) bond motifs is 1. The van der Waals surface area contributed by atoms with Gasteiger partial charge in [-0.3, -0.25) is 0 Å². The Labute approximate surface area is 127 Å². The number of thiophene rings is 1. The maximum atomic E-state index is 11.2. The molecule has 1 aromatic heterocycles. The van der Waals surface area contributed by atoms with Crippen molar-refractivity contribution >= 4 is 37.1 Å². The van der Waals surface area contributed by atoms with Crippen LogP contribution in [0.4, 0.5) is 5.69 Å². The van der Waals surface area contributed by atoms with Crippen LogP contribution in [0.1, 0.15) is 5.56 Å². The quantitative estimate of drug-likeness (QED) is 0.776. The van der Waals surface area contributed by atoms with Gasteiger partial charge < -0.3 is 5.32 Å². The fourth-order valence-electron chi connectivity index (χ4n) is 2.13. The Hall–Kier alpha value is -1.89. The monoisotopic (exact) mass is 318 g/mol. The van der Waals surface area contributed by atoms with Crippen LogP contribution in [0.15, 0.2) is 58.8 Å². The van der Waals surface area contributed by atoms with Gasteiger partial charge >= 0.3 is 0 Å². The number of anilines is 1. The molecule has 3 aromatic rings. The predicted octanol–water partition coefficient (Wildman–Crippen LogP) is 3.16. The van der Waals surface area contributed by atoms with Gasteiger partial charge in [0.25, 0.3) is 0 Å². The van der Waals surface area contributed by atoms with Crippen molar-refractivity contribution in [2.24, 2.45) is 5.14 Å². The number of benzene rings is 2. The molecule has 0 aliphatic carbocycles. The number of sulfonamides is 1. The average molecular weight is 318 g/mol. The van der Waals surface area contributed by atoms with Gasteiger partial charge in [0.2, 0.25) is 10.0 Å². The third kappa shape index (κ3) is 3.07. The van der Waals surface area contributed by atoms with Crippen molar-refractivity contribution in [2.45, 2.75) is 11.4 Å². The SMILES string of the molecule is NS(=O)(=O)c1ccc(NCc2csc3ccccc23)cc1. The maximum Gasteiger partial charge on any atom is 0.238 e. The first kappa shape index (κ1) is 14.1. The average Bonchev–Trinajstić information content (AvgIpc) is 2.88. The Balaban J connectivity index is 1.76. The first-order valence-electron chi connectivity index (χ1n) is 6.36. The molecule has 0 unspecified atom stereocenters. The molecule has 6 heteroatoms. The summed E-state index contributed by atoms with van der Waals surface area (Å²) >= 11 is 1.72. The molecule has 0 saturated carbocycles. The second-order valence-corrected chi connectivity index (χ2v) is 7.15. The lowest BCUT2D eigenvalue weighted by Crippen LogP contribution is -2.11. The van der Waals surface area contributed by atoms with Crippen molar-refractivity contribution in [1.29, 1.82) is 0 Å². The number of rotatable bonds is 4. The molecular formula is C15H14N2O2S2. The number of nitrogens with two attached hydrogens (primary N) is 1. The smallest absolute Gasteiger partial charge is 0.238 e. The molecule has 0 bridgehead atoms. The van der Waals surface area contributed by atoms with Crippen LogP contribution in [0.25, 0.3) is 10.1 Å². The topological polar surface area (TPSA) is 72.2 Å². The van der Waals surface area contributed by atoms with E-state index in [0.717, 1.165) is 5.69 Å². The van der Waals surface area contributed by atoms with E-state index in [-0.39, 0.29) is 4.90 Å². The molecule has 108 valence electrons. The minimum Gasteiger partial charge on any atom is -0.381 e. The lowest BCUT2D eigenvalue weighted by atomic mass is 10.2. The zero-order valence-corrected chi connectivity index (χ0v) is 12.7. The van der Waals surface area contributed by atoms with Crippen molar-refractivity contribution in [2.75, 3.05) is 5.32 Å². The van der Waals surface area contributed by atoms with Crippen LogP contribution >= 0.6 is 11.3 Å². The summed E-state index contributed by atoms with van der Waals surface area (Å²) < 4.78 is 23.7. The van der Waals surface area contributed by atoms with E-state index in [2.05, 4.69) is 22.8 Å². The summed E-state index contributed by atoms with van der Waals surface area (Å²) in [5, 5.41) is 11.7. The van der Waals surface area contributed by atoms with Crippen molar-refractivity contribution < 1.29 is 8.42 Å². The fraction of sp³-hybridized carbons (Fsp3) is 0.0667. The predicted molar refractivity (Wildman–Crippen MR) is 87.0 cm³/mol. The lowest BCUT2D eigenvalue weighted by Gasteiger charge is -2.06. The molecule has 3 N–H and O–H groups in total. The van der Waals surface area contributed by atoms with Gasteiger partial charge in [0.05, 0.1) is 4.90 Å². The third-order valence-electron chi connectivity index (χ3n) is 3.23. The molecule has 21 heavy (non-hydrogen) atoms. The molecule has 0 aliphatic heterocycles. The Morgan fingerprint density at radius 1 is 1.05 bits per heavy atom.